The van der Waals surface area contributed by atoms with Crippen molar-refractivity contribution >= 4 is 45.9 Å². The third kappa shape index (κ3) is 5.59. The normalized spacial score (nSPS) is 22.4. The second-order valence-corrected chi connectivity index (χ2v) is 11.4. The zero-order valence-electron chi connectivity index (χ0n) is 21.8. The van der Waals surface area contributed by atoms with E-state index in [-0.39, 0.29) is 18.1 Å². The maximum Gasteiger partial charge on any atom is 0.415 e. The number of benzene rings is 2. The SMILES string of the molecule is CC1=NCC(CCOC2=CCC(C3c4[nH]c5ccc(Cl)cc5c4CCN3C(=O)Oc3ccc(Cl)cc3)C=C2)C1. The van der Waals surface area contributed by atoms with Crippen molar-refractivity contribution in [1.82, 2.24) is 9.88 Å². The topological polar surface area (TPSA) is 66.9 Å². The Kier molecular flexibility index (Phi) is 7.41. The van der Waals surface area contributed by atoms with Crippen LogP contribution in [0.4, 0.5) is 4.79 Å². The number of aromatic amines is 1. The van der Waals surface area contributed by atoms with Crippen LogP contribution in [0, 0.1) is 11.8 Å². The van der Waals surface area contributed by atoms with Crippen LogP contribution >= 0.6 is 23.2 Å². The highest BCUT2D eigenvalue weighted by Gasteiger charge is 2.39. The summed E-state index contributed by atoms with van der Waals surface area (Å²) in [5.74, 6) is 2.00. The molecular formula is C31H31Cl2N3O3. The molecule has 2 aliphatic heterocycles. The minimum Gasteiger partial charge on any atom is -0.494 e. The number of ether oxygens (including phenoxy) is 2. The van der Waals surface area contributed by atoms with E-state index in [9.17, 15) is 4.79 Å². The molecule has 1 aliphatic carbocycles. The number of allylic oxidation sites excluding steroid dienone is 2. The van der Waals surface area contributed by atoms with Gasteiger partial charge in [0.2, 0.25) is 0 Å². The molecule has 1 aromatic heterocycles. The molecule has 3 aromatic rings. The van der Waals surface area contributed by atoms with E-state index in [4.69, 9.17) is 32.7 Å². The highest BCUT2D eigenvalue weighted by molar-refractivity contribution is 6.31. The maximum atomic E-state index is 13.5. The number of hydrogen-bond donors (Lipinski definition) is 1. The molecule has 202 valence electrons. The molecule has 8 heteroatoms. The van der Waals surface area contributed by atoms with E-state index in [1.54, 1.807) is 24.3 Å². The second-order valence-electron chi connectivity index (χ2n) is 10.6. The molecule has 1 N–H and O–H groups in total. The van der Waals surface area contributed by atoms with Gasteiger partial charge in [0.25, 0.3) is 0 Å². The number of H-pyrrole nitrogens is 1. The van der Waals surface area contributed by atoms with Gasteiger partial charge in [0.15, 0.2) is 0 Å². The largest absolute Gasteiger partial charge is 0.494 e. The molecule has 0 radical (unpaired) electrons. The first-order valence-corrected chi connectivity index (χ1v) is 14.3. The number of amides is 1. The van der Waals surface area contributed by atoms with Gasteiger partial charge in [0, 0.05) is 51.4 Å². The number of halogens is 2. The second kappa shape index (κ2) is 11.1. The fourth-order valence-corrected chi connectivity index (χ4v) is 6.23. The number of nitrogens with one attached hydrogen (secondary N) is 1. The predicted octanol–water partition coefficient (Wildman–Crippen LogP) is 7.92. The number of carbonyl (C=O) groups is 1. The molecular weight excluding hydrogens is 533 g/mol. The molecule has 0 fully saturated rings. The summed E-state index contributed by atoms with van der Waals surface area (Å²) in [7, 11) is 0. The first-order chi connectivity index (χ1) is 18.9. The number of aliphatic imine (C=N–C) groups is 1. The lowest BCUT2D eigenvalue weighted by Gasteiger charge is -2.39. The van der Waals surface area contributed by atoms with Crippen LogP contribution in [0.25, 0.3) is 10.9 Å². The van der Waals surface area contributed by atoms with Crippen LogP contribution in [0.2, 0.25) is 10.0 Å². The van der Waals surface area contributed by atoms with Crippen LogP contribution in [-0.2, 0) is 11.2 Å². The van der Waals surface area contributed by atoms with Crippen molar-refractivity contribution in [2.24, 2.45) is 16.8 Å². The molecule has 1 amide bonds. The molecule has 0 saturated carbocycles. The summed E-state index contributed by atoms with van der Waals surface area (Å²) in [5.41, 5.74) is 4.51. The van der Waals surface area contributed by atoms with Gasteiger partial charge in [-0.3, -0.25) is 9.89 Å². The molecule has 3 heterocycles. The van der Waals surface area contributed by atoms with Crippen LogP contribution < -0.4 is 4.74 Å². The van der Waals surface area contributed by atoms with Crippen molar-refractivity contribution in [3.8, 4) is 5.75 Å². The van der Waals surface area contributed by atoms with E-state index < -0.39 is 0 Å². The van der Waals surface area contributed by atoms with Crippen LogP contribution in [0.1, 0.15) is 43.5 Å². The van der Waals surface area contributed by atoms with Gasteiger partial charge >= 0.3 is 6.09 Å². The van der Waals surface area contributed by atoms with Crippen molar-refractivity contribution in [1.29, 1.82) is 0 Å². The summed E-state index contributed by atoms with van der Waals surface area (Å²) >= 11 is 12.4. The Morgan fingerprint density at radius 2 is 1.97 bits per heavy atom. The van der Waals surface area contributed by atoms with E-state index in [0.717, 1.165) is 48.2 Å². The minimum atomic E-state index is -0.377. The van der Waals surface area contributed by atoms with Crippen molar-refractivity contribution in [3.05, 3.63) is 87.8 Å². The summed E-state index contributed by atoms with van der Waals surface area (Å²) in [5, 5.41) is 2.40. The first kappa shape index (κ1) is 26.0. The Morgan fingerprint density at radius 3 is 2.72 bits per heavy atom. The van der Waals surface area contributed by atoms with E-state index in [0.29, 0.717) is 41.3 Å². The lowest BCUT2D eigenvalue weighted by atomic mass is 9.84. The smallest absolute Gasteiger partial charge is 0.415 e. The average Bonchev–Trinajstić information content (AvgIpc) is 3.52. The van der Waals surface area contributed by atoms with Crippen molar-refractivity contribution in [2.75, 3.05) is 19.7 Å². The lowest BCUT2D eigenvalue weighted by Crippen LogP contribution is -2.44. The third-order valence-corrected chi connectivity index (χ3v) is 8.38. The molecule has 0 saturated heterocycles. The fraction of sp³-hybridized carbons (Fsp3) is 0.355. The number of nitrogens with zero attached hydrogens (tertiary/aromatic N) is 2. The van der Waals surface area contributed by atoms with E-state index in [1.165, 1.54) is 11.3 Å². The predicted molar refractivity (Wildman–Crippen MR) is 156 cm³/mol. The first-order valence-electron chi connectivity index (χ1n) is 13.5. The molecule has 0 spiro atoms. The summed E-state index contributed by atoms with van der Waals surface area (Å²) in [6.45, 7) is 4.24. The third-order valence-electron chi connectivity index (χ3n) is 7.89. The molecule has 2 aromatic carbocycles. The standard InChI is InChI=1S/C31H31Cl2N3O3/c1-19-16-20(18-34-19)13-15-38-24-7-2-21(3-8-24)30-29-26(27-17-23(33)6-11-28(27)35-29)12-14-36(30)31(37)39-25-9-4-22(32)5-10-25/h2,4-11,17,20-21,30,35H,3,12-16,18H2,1H3. The van der Waals surface area contributed by atoms with Crippen molar-refractivity contribution in [3.63, 3.8) is 0 Å². The Morgan fingerprint density at radius 1 is 1.15 bits per heavy atom. The number of carbonyl (C=O) groups excluding carboxylic acids is 1. The molecule has 39 heavy (non-hydrogen) atoms. The molecule has 6 rings (SSSR count). The maximum absolute atomic E-state index is 13.5. The van der Waals surface area contributed by atoms with E-state index in [1.807, 2.05) is 29.2 Å². The Balaban J connectivity index is 1.22. The molecule has 6 nitrogen and oxygen atoms in total. The summed E-state index contributed by atoms with van der Waals surface area (Å²) < 4.78 is 11.9. The summed E-state index contributed by atoms with van der Waals surface area (Å²) in [6, 6.07) is 12.5. The zero-order valence-corrected chi connectivity index (χ0v) is 23.3. The van der Waals surface area contributed by atoms with Gasteiger partial charge in [-0.15, -0.1) is 0 Å². The zero-order chi connectivity index (χ0) is 26.9. The van der Waals surface area contributed by atoms with Crippen LogP contribution in [0.15, 0.2) is 71.4 Å². The van der Waals surface area contributed by atoms with E-state index >= 15 is 0 Å². The number of aromatic nitrogens is 1. The quantitative estimate of drug-likeness (QED) is 0.331. The van der Waals surface area contributed by atoms with Crippen LogP contribution in [0.5, 0.6) is 5.75 Å². The molecule has 3 aliphatic rings. The van der Waals surface area contributed by atoms with Crippen molar-refractivity contribution < 1.29 is 14.3 Å². The Bertz CT molecular complexity index is 1470. The Hall–Kier alpha value is -3.22. The minimum absolute atomic E-state index is 0.0589. The van der Waals surface area contributed by atoms with Crippen molar-refractivity contribution in [2.45, 2.75) is 38.6 Å². The van der Waals surface area contributed by atoms with Crippen LogP contribution in [-0.4, -0.2) is 41.4 Å². The Labute approximate surface area is 238 Å². The summed E-state index contributed by atoms with van der Waals surface area (Å²) in [6.07, 6.45) is 9.51. The number of hydrogen-bond acceptors (Lipinski definition) is 4. The summed E-state index contributed by atoms with van der Waals surface area (Å²) in [4.78, 5) is 23.5. The number of fused-ring (bicyclic) bond motifs is 3. The lowest BCUT2D eigenvalue weighted by molar-refractivity contribution is 0.110. The average molecular weight is 565 g/mol. The fourth-order valence-electron chi connectivity index (χ4n) is 5.93. The van der Waals surface area contributed by atoms with Gasteiger partial charge in [-0.05, 0) is 98.7 Å². The monoisotopic (exact) mass is 563 g/mol. The number of rotatable bonds is 6. The van der Waals surface area contributed by atoms with Gasteiger partial charge in [-0.25, -0.2) is 4.79 Å². The highest BCUT2D eigenvalue weighted by atomic mass is 35.5. The van der Waals surface area contributed by atoms with E-state index in [2.05, 4.69) is 29.1 Å². The molecule has 3 unspecified atom stereocenters. The van der Waals surface area contributed by atoms with Crippen LogP contribution in [0.3, 0.4) is 0 Å². The van der Waals surface area contributed by atoms with Gasteiger partial charge in [-0.1, -0.05) is 29.3 Å². The highest BCUT2D eigenvalue weighted by Crippen LogP contribution is 2.42. The van der Waals surface area contributed by atoms with Gasteiger partial charge in [0.1, 0.15) is 11.5 Å². The van der Waals surface area contributed by atoms with Gasteiger partial charge < -0.3 is 14.5 Å². The molecule has 0 bridgehead atoms. The van der Waals surface area contributed by atoms with Gasteiger partial charge in [-0.2, -0.15) is 0 Å². The molecule has 3 atom stereocenters. The van der Waals surface area contributed by atoms with Gasteiger partial charge in [0.05, 0.1) is 12.6 Å².